The average Bonchev–Trinajstić information content (AvgIpc) is 2.68. The molecule has 0 spiro atoms. The third-order valence-electron chi connectivity index (χ3n) is 3.62. The molecule has 2 N–H and O–H groups in total. The van der Waals surface area contributed by atoms with Gasteiger partial charge in [-0.15, -0.1) is 0 Å². The topological polar surface area (TPSA) is 49.3 Å². The zero-order chi connectivity index (χ0) is 11.3. The molecule has 0 aliphatic carbocycles. The summed E-state index contributed by atoms with van der Waals surface area (Å²) in [6, 6.07) is 0.142. The van der Waals surface area contributed by atoms with Gasteiger partial charge in [-0.3, -0.25) is 4.79 Å². The average molecular weight is 213 g/mol. The van der Waals surface area contributed by atoms with Crippen molar-refractivity contribution in [2.45, 2.75) is 64.5 Å². The SMILES string of the molecule is CCC(CC)CCC1CC[C@H](C(=O)O)N1. The lowest BCUT2D eigenvalue weighted by Crippen LogP contribution is -2.35. The Morgan fingerprint density at radius 3 is 2.53 bits per heavy atom. The van der Waals surface area contributed by atoms with E-state index >= 15 is 0 Å². The molecule has 0 saturated carbocycles. The van der Waals surface area contributed by atoms with Gasteiger partial charge in [-0.1, -0.05) is 26.7 Å². The lowest BCUT2D eigenvalue weighted by atomic mass is 9.95. The monoisotopic (exact) mass is 213 g/mol. The van der Waals surface area contributed by atoms with Crippen molar-refractivity contribution in [1.82, 2.24) is 5.32 Å². The highest BCUT2D eigenvalue weighted by molar-refractivity contribution is 5.73. The molecule has 0 radical (unpaired) electrons. The van der Waals surface area contributed by atoms with Crippen LogP contribution in [0.1, 0.15) is 52.4 Å². The minimum atomic E-state index is -0.694. The standard InChI is InChI=1S/C12H23NO2/c1-3-9(4-2)5-6-10-7-8-11(13-10)12(14)15/h9-11,13H,3-8H2,1-2H3,(H,14,15)/t10?,11-/m1/s1. The van der Waals surface area contributed by atoms with Crippen LogP contribution in [-0.4, -0.2) is 23.2 Å². The molecule has 2 atom stereocenters. The molecule has 3 heteroatoms. The van der Waals surface area contributed by atoms with Gasteiger partial charge < -0.3 is 10.4 Å². The third kappa shape index (κ3) is 3.82. The smallest absolute Gasteiger partial charge is 0.320 e. The Kier molecular flexibility index (Phi) is 5.09. The van der Waals surface area contributed by atoms with Crippen molar-refractivity contribution in [3.05, 3.63) is 0 Å². The highest BCUT2D eigenvalue weighted by Gasteiger charge is 2.28. The molecular weight excluding hydrogens is 190 g/mol. The van der Waals surface area contributed by atoms with Crippen LogP contribution in [-0.2, 0) is 4.79 Å². The van der Waals surface area contributed by atoms with Crippen LogP contribution in [0.4, 0.5) is 0 Å². The maximum Gasteiger partial charge on any atom is 0.320 e. The van der Waals surface area contributed by atoms with E-state index in [4.69, 9.17) is 5.11 Å². The van der Waals surface area contributed by atoms with Gasteiger partial charge in [0.1, 0.15) is 6.04 Å². The maximum absolute atomic E-state index is 10.7. The summed E-state index contributed by atoms with van der Waals surface area (Å²) in [4.78, 5) is 10.7. The van der Waals surface area contributed by atoms with Crippen LogP contribution >= 0.6 is 0 Å². The predicted molar refractivity (Wildman–Crippen MR) is 60.9 cm³/mol. The van der Waals surface area contributed by atoms with Crippen LogP contribution < -0.4 is 5.32 Å². The number of rotatable bonds is 6. The van der Waals surface area contributed by atoms with Crippen LogP contribution in [0, 0.1) is 5.92 Å². The highest BCUT2D eigenvalue weighted by atomic mass is 16.4. The van der Waals surface area contributed by atoms with Crippen LogP contribution in [0.2, 0.25) is 0 Å². The van der Waals surface area contributed by atoms with Crippen LogP contribution in [0.15, 0.2) is 0 Å². The van der Waals surface area contributed by atoms with Gasteiger partial charge in [0, 0.05) is 6.04 Å². The highest BCUT2D eigenvalue weighted by Crippen LogP contribution is 2.21. The number of hydrogen-bond donors (Lipinski definition) is 2. The van der Waals surface area contributed by atoms with Gasteiger partial charge in [-0.2, -0.15) is 0 Å². The van der Waals surface area contributed by atoms with Crippen molar-refractivity contribution in [3.8, 4) is 0 Å². The number of nitrogens with one attached hydrogen (secondary N) is 1. The zero-order valence-electron chi connectivity index (χ0n) is 9.83. The van der Waals surface area contributed by atoms with E-state index in [0.29, 0.717) is 6.04 Å². The summed E-state index contributed by atoms with van der Waals surface area (Å²) in [6.45, 7) is 4.46. The summed E-state index contributed by atoms with van der Waals surface area (Å²) >= 11 is 0. The number of carbonyl (C=O) groups is 1. The van der Waals surface area contributed by atoms with E-state index in [2.05, 4.69) is 19.2 Å². The molecule has 1 rings (SSSR count). The Hall–Kier alpha value is -0.570. The van der Waals surface area contributed by atoms with Gasteiger partial charge in [0.2, 0.25) is 0 Å². The number of carboxylic acid groups (broad SMARTS) is 1. The van der Waals surface area contributed by atoms with Gasteiger partial charge in [0.15, 0.2) is 0 Å². The molecule has 1 unspecified atom stereocenters. The summed E-state index contributed by atoms with van der Waals surface area (Å²) < 4.78 is 0. The lowest BCUT2D eigenvalue weighted by Gasteiger charge is -2.16. The van der Waals surface area contributed by atoms with Crippen molar-refractivity contribution in [3.63, 3.8) is 0 Å². The van der Waals surface area contributed by atoms with Gasteiger partial charge >= 0.3 is 5.97 Å². The Bertz CT molecular complexity index is 202. The third-order valence-corrected chi connectivity index (χ3v) is 3.62. The number of carboxylic acids is 1. The van der Waals surface area contributed by atoms with Crippen molar-refractivity contribution in [2.75, 3.05) is 0 Å². The summed E-state index contributed by atoms with van der Waals surface area (Å²) in [7, 11) is 0. The van der Waals surface area contributed by atoms with Gasteiger partial charge in [-0.25, -0.2) is 0 Å². The van der Waals surface area contributed by atoms with E-state index in [0.717, 1.165) is 25.2 Å². The van der Waals surface area contributed by atoms with Crippen molar-refractivity contribution >= 4 is 5.97 Å². The molecule has 1 fully saturated rings. The quantitative estimate of drug-likeness (QED) is 0.712. The van der Waals surface area contributed by atoms with Crippen LogP contribution in [0.25, 0.3) is 0 Å². The van der Waals surface area contributed by atoms with E-state index in [1.54, 1.807) is 0 Å². The zero-order valence-corrected chi connectivity index (χ0v) is 9.83. The second-order valence-corrected chi connectivity index (χ2v) is 4.59. The second kappa shape index (κ2) is 6.11. The number of hydrogen-bond acceptors (Lipinski definition) is 2. The number of aliphatic carboxylic acids is 1. The first-order valence-corrected chi connectivity index (χ1v) is 6.16. The summed E-state index contributed by atoms with van der Waals surface area (Å²) in [5.41, 5.74) is 0. The van der Waals surface area contributed by atoms with E-state index in [1.807, 2.05) is 0 Å². The molecule has 1 heterocycles. The second-order valence-electron chi connectivity index (χ2n) is 4.59. The molecular formula is C12H23NO2. The molecule has 3 nitrogen and oxygen atoms in total. The predicted octanol–water partition coefficient (Wildman–Crippen LogP) is 2.41. The van der Waals surface area contributed by atoms with Crippen molar-refractivity contribution in [2.24, 2.45) is 5.92 Å². The van der Waals surface area contributed by atoms with Gasteiger partial charge in [0.05, 0.1) is 0 Å². The summed E-state index contributed by atoms with van der Waals surface area (Å²) in [5.74, 6) is 0.121. The first-order chi connectivity index (χ1) is 7.17. The van der Waals surface area contributed by atoms with E-state index in [-0.39, 0.29) is 6.04 Å². The molecule has 0 aromatic heterocycles. The van der Waals surface area contributed by atoms with Crippen LogP contribution in [0.3, 0.4) is 0 Å². The van der Waals surface area contributed by atoms with Crippen LogP contribution in [0.5, 0.6) is 0 Å². The fraction of sp³-hybridized carbons (Fsp3) is 0.917. The Morgan fingerprint density at radius 2 is 2.07 bits per heavy atom. The first kappa shape index (κ1) is 12.5. The fourth-order valence-electron chi connectivity index (χ4n) is 2.38. The van der Waals surface area contributed by atoms with Gasteiger partial charge in [0.25, 0.3) is 0 Å². The lowest BCUT2D eigenvalue weighted by molar-refractivity contribution is -0.139. The Balaban J connectivity index is 2.21. The first-order valence-electron chi connectivity index (χ1n) is 6.16. The molecule has 1 saturated heterocycles. The van der Waals surface area contributed by atoms with Gasteiger partial charge in [-0.05, 0) is 31.6 Å². The molecule has 15 heavy (non-hydrogen) atoms. The summed E-state index contributed by atoms with van der Waals surface area (Å²) in [5, 5.41) is 12.0. The summed E-state index contributed by atoms with van der Waals surface area (Å²) in [6.07, 6.45) is 6.67. The molecule has 1 aliphatic heterocycles. The Morgan fingerprint density at radius 1 is 1.40 bits per heavy atom. The molecule has 0 bridgehead atoms. The molecule has 0 amide bonds. The molecule has 0 aromatic rings. The normalized spacial score (nSPS) is 26.1. The van der Waals surface area contributed by atoms with E-state index in [9.17, 15) is 4.79 Å². The van der Waals surface area contributed by atoms with Crippen molar-refractivity contribution in [1.29, 1.82) is 0 Å². The van der Waals surface area contributed by atoms with Crippen molar-refractivity contribution < 1.29 is 9.90 Å². The molecule has 0 aromatic carbocycles. The largest absolute Gasteiger partial charge is 0.480 e. The Labute approximate surface area is 92.3 Å². The maximum atomic E-state index is 10.7. The van der Waals surface area contributed by atoms with E-state index in [1.165, 1.54) is 19.3 Å². The minimum absolute atomic E-state index is 0.295. The van der Waals surface area contributed by atoms with E-state index < -0.39 is 5.97 Å². The molecule has 88 valence electrons. The minimum Gasteiger partial charge on any atom is -0.480 e. The molecule has 1 aliphatic rings. The fourth-order valence-corrected chi connectivity index (χ4v) is 2.38.